The number of thioether (sulfide) groups is 4. The van der Waals surface area contributed by atoms with Gasteiger partial charge in [-0.2, -0.15) is 0 Å². The Morgan fingerprint density at radius 2 is 1.00 bits per heavy atom. The molecule has 5 rings (SSSR count). The van der Waals surface area contributed by atoms with Crippen LogP contribution in [0.4, 0.5) is 0 Å². The van der Waals surface area contributed by atoms with Gasteiger partial charge in [-0.25, -0.2) is 0 Å². The summed E-state index contributed by atoms with van der Waals surface area (Å²) in [5, 5.41) is 8.84. The molecule has 0 aromatic heterocycles. The maximum absolute atomic E-state index is 2.48. The molecule has 0 saturated heterocycles. The van der Waals surface area contributed by atoms with Crippen LogP contribution in [0.3, 0.4) is 0 Å². The van der Waals surface area contributed by atoms with Gasteiger partial charge in [0.15, 0.2) is 0 Å². The number of hydrogen-bond acceptors (Lipinski definition) is 4. The van der Waals surface area contributed by atoms with E-state index in [2.05, 4.69) is 81.9 Å². The molecule has 4 heterocycles. The van der Waals surface area contributed by atoms with E-state index in [9.17, 15) is 0 Å². The zero-order chi connectivity index (χ0) is 21.9. The second-order valence-electron chi connectivity index (χ2n) is 6.88. The zero-order valence-corrected chi connectivity index (χ0v) is 27.3. The fourth-order valence-corrected chi connectivity index (χ4v) is 20.4. The number of hydrogen-bond donors (Lipinski definition) is 0. The fourth-order valence-electron chi connectivity index (χ4n) is 3.03. The summed E-state index contributed by atoms with van der Waals surface area (Å²) >= 11 is 9.70. The van der Waals surface area contributed by atoms with Crippen LogP contribution >= 0.6 is 47.0 Å². The summed E-state index contributed by atoms with van der Waals surface area (Å²) in [6, 6.07) is 4.71. The van der Waals surface area contributed by atoms with E-state index in [-0.39, 0.29) is 0 Å². The second kappa shape index (κ2) is 11.6. The van der Waals surface area contributed by atoms with E-state index >= 15 is 0 Å². The Bertz CT molecular complexity index is 1080. The maximum atomic E-state index is 2.48. The number of rotatable bonds is 4. The van der Waals surface area contributed by atoms with Crippen LogP contribution < -0.4 is 0 Å². The van der Waals surface area contributed by atoms with Crippen molar-refractivity contribution < 1.29 is 0 Å². The van der Waals surface area contributed by atoms with Crippen molar-refractivity contribution in [3.63, 3.8) is 0 Å². The van der Waals surface area contributed by atoms with Crippen molar-refractivity contribution in [2.45, 2.75) is 13.8 Å². The van der Waals surface area contributed by atoms with Crippen molar-refractivity contribution in [3.8, 4) is 0 Å². The average Bonchev–Trinajstić information content (AvgIpc) is 3.59. The van der Waals surface area contributed by atoms with Gasteiger partial charge in [-0.05, 0) is 0 Å². The van der Waals surface area contributed by atoms with Crippen LogP contribution in [0, 0.1) is 13.8 Å². The van der Waals surface area contributed by atoms with Crippen molar-refractivity contribution in [2.24, 2.45) is 0 Å². The first-order chi connectivity index (χ1) is 15.7. The van der Waals surface area contributed by atoms with Crippen molar-refractivity contribution in [2.75, 3.05) is 0 Å². The molecule has 162 valence electrons. The second-order valence-corrected chi connectivity index (χ2v) is 21.9. The van der Waals surface area contributed by atoms with Gasteiger partial charge in [0.1, 0.15) is 0 Å². The molecule has 0 atom stereocenters. The van der Waals surface area contributed by atoms with Gasteiger partial charge >= 0.3 is 235 Å². The summed E-state index contributed by atoms with van der Waals surface area (Å²) in [6.45, 7) is 4.48. The number of aryl methyl sites for hydroxylation is 2. The minimum atomic E-state index is 0.501. The monoisotopic (exact) mass is 754 g/mol. The summed E-state index contributed by atoms with van der Waals surface area (Å²) in [4.78, 5) is 4.96. The van der Waals surface area contributed by atoms with Gasteiger partial charge in [0, 0.05) is 0 Å². The molecule has 0 amide bonds. The molecule has 4 aliphatic heterocycles. The van der Waals surface area contributed by atoms with Crippen LogP contribution in [0.25, 0.3) is 12.2 Å². The molecule has 0 spiro atoms. The van der Waals surface area contributed by atoms with Gasteiger partial charge in [-0.1, -0.05) is 0 Å². The molecule has 0 radical (unpaired) electrons. The normalized spacial score (nSPS) is 20.7. The van der Waals surface area contributed by atoms with E-state index in [1.807, 2.05) is 47.0 Å². The van der Waals surface area contributed by atoms with E-state index in [0.717, 1.165) is 0 Å². The summed E-state index contributed by atoms with van der Waals surface area (Å²) in [5.41, 5.74) is 5.41. The topological polar surface area (TPSA) is 0 Å². The third-order valence-corrected chi connectivity index (χ3v) is 23.7. The Morgan fingerprint density at radius 1 is 0.594 bits per heavy atom. The fraction of sp³-hybridized carbons (Fsp3) is 0.0833. The minimum absolute atomic E-state index is 0.501. The van der Waals surface area contributed by atoms with Crippen LogP contribution in [0.2, 0.25) is 0 Å². The van der Waals surface area contributed by atoms with E-state index in [1.165, 1.54) is 39.7 Å². The summed E-state index contributed by atoms with van der Waals surface area (Å²) in [5.74, 6) is 0. The van der Waals surface area contributed by atoms with Gasteiger partial charge in [-0.15, -0.1) is 0 Å². The van der Waals surface area contributed by atoms with Gasteiger partial charge in [0.05, 0.1) is 0 Å². The standard InChI is InChI=1S/C24H18S4Se4/c1-15-11-18(4-6-20-14-30-24(32-20)22-27-9-10-28-22)16(2)12-17(15)3-5-19-13-29-23(31-19)21-25-7-8-26-21/h3-14H,1-2H3/b5-3+,6-4+. The Hall–Kier alpha value is 0.618. The van der Waals surface area contributed by atoms with E-state index < -0.39 is 0 Å². The average molecular weight is 751 g/mol. The number of benzene rings is 1. The summed E-state index contributed by atoms with van der Waals surface area (Å²) in [7, 11) is 0. The Balaban J connectivity index is 1.24. The molecule has 4 aliphatic rings. The third-order valence-electron chi connectivity index (χ3n) is 4.64. The quantitative estimate of drug-likeness (QED) is 0.304. The third kappa shape index (κ3) is 6.05. The molecule has 1 aromatic rings. The van der Waals surface area contributed by atoms with Gasteiger partial charge < -0.3 is 0 Å². The Kier molecular flexibility index (Phi) is 8.79. The van der Waals surface area contributed by atoms with Crippen molar-refractivity contribution in [1.29, 1.82) is 0 Å². The molecule has 0 fully saturated rings. The molecule has 0 N–H and O–H groups in total. The van der Waals surface area contributed by atoms with Crippen LogP contribution in [0.15, 0.2) is 80.0 Å². The molecule has 8 heteroatoms. The molecule has 0 nitrogen and oxygen atoms in total. The molecule has 32 heavy (non-hydrogen) atoms. The molecule has 0 aliphatic carbocycles. The molecular weight excluding hydrogens is 732 g/mol. The summed E-state index contributed by atoms with van der Waals surface area (Å²) < 4.78 is 9.53. The van der Waals surface area contributed by atoms with Crippen LogP contribution in [0.5, 0.6) is 0 Å². The van der Waals surface area contributed by atoms with E-state index in [4.69, 9.17) is 0 Å². The SMILES string of the molecule is Cc1cc(/C=C/C2=C[Se]C(=C3SC=CS3)[Se]2)c(C)cc1/C=C/C1=C[Se]C(=C2SC=CS2)[Se]1. The van der Waals surface area contributed by atoms with Crippen molar-refractivity contribution in [1.82, 2.24) is 0 Å². The van der Waals surface area contributed by atoms with Gasteiger partial charge in [-0.3, -0.25) is 0 Å². The molecular formula is C24H18S4Se4. The van der Waals surface area contributed by atoms with E-state index in [1.54, 1.807) is 6.74 Å². The first-order valence-electron chi connectivity index (χ1n) is 9.68. The molecule has 1 aromatic carbocycles. The molecule has 0 unspecified atom stereocenters. The van der Waals surface area contributed by atoms with Crippen LogP contribution in [0.1, 0.15) is 22.3 Å². The Labute approximate surface area is 232 Å². The van der Waals surface area contributed by atoms with Crippen molar-refractivity contribution >= 4 is 119 Å². The molecule has 0 bridgehead atoms. The van der Waals surface area contributed by atoms with Gasteiger partial charge in [0.2, 0.25) is 0 Å². The van der Waals surface area contributed by atoms with E-state index in [0.29, 0.717) is 59.8 Å². The number of allylic oxidation sites excluding steroid dienone is 4. The van der Waals surface area contributed by atoms with Crippen LogP contribution in [-0.2, 0) is 0 Å². The first-order valence-corrected chi connectivity index (χ1v) is 20.3. The summed E-state index contributed by atoms with van der Waals surface area (Å²) in [6.07, 6.45) is 9.38. The van der Waals surface area contributed by atoms with Gasteiger partial charge in [0.25, 0.3) is 0 Å². The predicted molar refractivity (Wildman–Crippen MR) is 156 cm³/mol. The van der Waals surface area contributed by atoms with Crippen molar-refractivity contribution in [3.05, 3.63) is 102 Å². The van der Waals surface area contributed by atoms with Crippen LogP contribution in [-0.4, -0.2) is 59.8 Å². The predicted octanol–water partition coefficient (Wildman–Crippen LogP) is 7.01. The molecule has 0 saturated carbocycles. The Morgan fingerprint density at radius 3 is 1.41 bits per heavy atom. The zero-order valence-electron chi connectivity index (χ0n) is 17.2. The first kappa shape index (κ1) is 24.3.